The van der Waals surface area contributed by atoms with E-state index in [2.05, 4.69) is 16.7 Å². The maximum Gasteiger partial charge on any atom is 0.332 e. The van der Waals surface area contributed by atoms with Crippen LogP contribution in [-0.4, -0.2) is 49.8 Å². The van der Waals surface area contributed by atoms with E-state index >= 15 is 0 Å². The van der Waals surface area contributed by atoms with Gasteiger partial charge in [-0.3, -0.25) is 18.8 Å². The van der Waals surface area contributed by atoms with Crippen molar-refractivity contribution in [3.05, 3.63) is 56.7 Å². The van der Waals surface area contributed by atoms with Gasteiger partial charge in [-0.05, 0) is 18.6 Å². The van der Waals surface area contributed by atoms with Crippen LogP contribution in [0.25, 0.3) is 11.2 Å². The molecule has 0 bridgehead atoms. The van der Waals surface area contributed by atoms with Gasteiger partial charge in [-0.2, -0.15) is 0 Å². The first-order valence-corrected chi connectivity index (χ1v) is 11.3. The largest absolute Gasteiger partial charge is 0.367 e. The van der Waals surface area contributed by atoms with Crippen LogP contribution >= 0.6 is 0 Å². The van der Waals surface area contributed by atoms with Crippen molar-refractivity contribution in [3.63, 3.8) is 0 Å². The number of imidazole rings is 1. The Morgan fingerprint density at radius 3 is 2.41 bits per heavy atom. The van der Waals surface area contributed by atoms with Crippen LogP contribution in [0.5, 0.6) is 0 Å². The highest BCUT2D eigenvalue weighted by Gasteiger charge is 2.23. The Morgan fingerprint density at radius 1 is 1.00 bits per heavy atom. The van der Waals surface area contributed by atoms with E-state index in [0.29, 0.717) is 29.9 Å². The van der Waals surface area contributed by atoms with E-state index in [1.165, 1.54) is 17.7 Å². The van der Waals surface area contributed by atoms with Crippen LogP contribution in [0.4, 0.5) is 10.1 Å². The van der Waals surface area contributed by atoms with Crippen molar-refractivity contribution in [2.45, 2.75) is 39.3 Å². The molecule has 1 saturated heterocycles. The van der Waals surface area contributed by atoms with Crippen LogP contribution in [0.2, 0.25) is 0 Å². The number of aryl methyl sites for hydroxylation is 2. The number of benzene rings is 1. The highest BCUT2D eigenvalue weighted by Crippen LogP contribution is 2.21. The summed E-state index contributed by atoms with van der Waals surface area (Å²) >= 11 is 0. The number of fused-ring (bicyclic) bond motifs is 1. The minimum Gasteiger partial charge on any atom is -0.367 e. The Hall–Kier alpha value is -2.94. The van der Waals surface area contributed by atoms with Gasteiger partial charge in [0.25, 0.3) is 5.56 Å². The molecule has 0 aliphatic carbocycles. The molecule has 8 nitrogen and oxygen atoms in total. The van der Waals surface area contributed by atoms with Crippen molar-refractivity contribution in [2.24, 2.45) is 14.1 Å². The Bertz CT molecular complexity index is 1220. The van der Waals surface area contributed by atoms with E-state index in [1.54, 1.807) is 13.1 Å². The standard InChI is InChI=1S/C23H31FN6O2/c1-4-5-8-11-30-19(25-21-20(30)22(31)27(3)23(32)26(21)2)16-28-12-14-29(15-13-28)18-10-7-6-9-17(18)24/h6-7,9-10H,4-5,8,11-16H2,1-3H3. The van der Waals surface area contributed by atoms with Gasteiger partial charge in [0.15, 0.2) is 11.2 Å². The van der Waals surface area contributed by atoms with Gasteiger partial charge < -0.3 is 9.47 Å². The molecule has 3 aromatic rings. The third kappa shape index (κ3) is 4.09. The Kier molecular flexibility index (Phi) is 6.45. The van der Waals surface area contributed by atoms with Gasteiger partial charge in [-0.1, -0.05) is 31.9 Å². The summed E-state index contributed by atoms with van der Waals surface area (Å²) in [6.45, 7) is 6.40. The summed E-state index contributed by atoms with van der Waals surface area (Å²) < 4.78 is 18.7. The van der Waals surface area contributed by atoms with E-state index in [0.717, 1.165) is 55.8 Å². The summed E-state index contributed by atoms with van der Waals surface area (Å²) in [7, 11) is 3.17. The molecule has 0 saturated carbocycles. The molecule has 0 atom stereocenters. The molecule has 0 amide bonds. The summed E-state index contributed by atoms with van der Waals surface area (Å²) in [6.07, 6.45) is 3.09. The predicted octanol–water partition coefficient (Wildman–Crippen LogP) is 2.09. The van der Waals surface area contributed by atoms with E-state index in [4.69, 9.17) is 4.98 Å². The molecule has 32 heavy (non-hydrogen) atoms. The number of hydrogen-bond donors (Lipinski definition) is 0. The number of halogens is 1. The second-order valence-corrected chi connectivity index (χ2v) is 8.48. The van der Waals surface area contributed by atoms with Crippen LogP contribution in [0, 0.1) is 5.82 Å². The average molecular weight is 443 g/mol. The van der Waals surface area contributed by atoms with Crippen LogP contribution in [0.15, 0.2) is 33.9 Å². The first-order valence-electron chi connectivity index (χ1n) is 11.3. The number of piperazine rings is 1. The molecule has 9 heteroatoms. The third-order valence-electron chi connectivity index (χ3n) is 6.34. The zero-order valence-electron chi connectivity index (χ0n) is 19.1. The summed E-state index contributed by atoms with van der Waals surface area (Å²) in [5.74, 6) is 0.601. The zero-order valence-corrected chi connectivity index (χ0v) is 19.1. The lowest BCUT2D eigenvalue weighted by molar-refractivity contribution is 0.240. The monoisotopic (exact) mass is 442 g/mol. The number of anilines is 1. The fourth-order valence-corrected chi connectivity index (χ4v) is 4.43. The molecule has 0 spiro atoms. The fourth-order valence-electron chi connectivity index (χ4n) is 4.43. The molecule has 2 aromatic heterocycles. The lowest BCUT2D eigenvalue weighted by atomic mass is 10.2. The summed E-state index contributed by atoms with van der Waals surface area (Å²) in [4.78, 5) is 34.4. The first-order chi connectivity index (χ1) is 15.4. The van der Waals surface area contributed by atoms with Crippen molar-refractivity contribution < 1.29 is 4.39 Å². The smallest absolute Gasteiger partial charge is 0.332 e. The normalized spacial score (nSPS) is 15.1. The Balaban J connectivity index is 1.60. The number of unbranched alkanes of at least 4 members (excludes halogenated alkanes) is 2. The van der Waals surface area contributed by atoms with Gasteiger partial charge in [-0.25, -0.2) is 14.2 Å². The van der Waals surface area contributed by atoms with Crippen LogP contribution in [-0.2, 0) is 27.2 Å². The van der Waals surface area contributed by atoms with Crippen molar-refractivity contribution in [3.8, 4) is 0 Å². The topological polar surface area (TPSA) is 68.3 Å². The van der Waals surface area contributed by atoms with E-state index in [1.807, 2.05) is 16.7 Å². The maximum absolute atomic E-state index is 14.1. The molecule has 4 rings (SSSR count). The number of hydrogen-bond acceptors (Lipinski definition) is 5. The number of nitrogens with zero attached hydrogens (tertiary/aromatic N) is 6. The average Bonchev–Trinajstić information content (AvgIpc) is 3.15. The Labute approximate surface area is 186 Å². The molecule has 0 radical (unpaired) electrons. The molecule has 0 N–H and O–H groups in total. The number of para-hydroxylation sites is 1. The van der Waals surface area contributed by atoms with Gasteiger partial charge in [0.2, 0.25) is 0 Å². The molecule has 1 aliphatic rings. The first kappa shape index (κ1) is 22.3. The molecule has 1 aliphatic heterocycles. The molecular formula is C23H31FN6O2. The molecule has 1 aromatic carbocycles. The van der Waals surface area contributed by atoms with Crippen LogP contribution < -0.4 is 16.1 Å². The van der Waals surface area contributed by atoms with Crippen molar-refractivity contribution in [2.75, 3.05) is 31.1 Å². The second-order valence-electron chi connectivity index (χ2n) is 8.48. The quantitative estimate of drug-likeness (QED) is 0.524. The van der Waals surface area contributed by atoms with E-state index in [-0.39, 0.29) is 17.1 Å². The highest BCUT2D eigenvalue weighted by atomic mass is 19.1. The van der Waals surface area contributed by atoms with Crippen molar-refractivity contribution in [1.82, 2.24) is 23.6 Å². The molecule has 3 heterocycles. The molecule has 172 valence electrons. The molecule has 1 fully saturated rings. The van der Waals surface area contributed by atoms with Crippen LogP contribution in [0.3, 0.4) is 0 Å². The highest BCUT2D eigenvalue weighted by molar-refractivity contribution is 5.71. The summed E-state index contributed by atoms with van der Waals surface area (Å²) in [6, 6.07) is 6.86. The van der Waals surface area contributed by atoms with E-state index < -0.39 is 0 Å². The van der Waals surface area contributed by atoms with Gasteiger partial charge in [0.1, 0.15) is 11.6 Å². The predicted molar refractivity (Wildman–Crippen MR) is 124 cm³/mol. The minimum absolute atomic E-state index is 0.199. The van der Waals surface area contributed by atoms with Crippen molar-refractivity contribution in [1.29, 1.82) is 0 Å². The number of rotatable bonds is 7. The zero-order chi connectivity index (χ0) is 22.8. The lowest BCUT2D eigenvalue weighted by Gasteiger charge is -2.36. The van der Waals surface area contributed by atoms with Gasteiger partial charge in [-0.15, -0.1) is 0 Å². The molecular weight excluding hydrogens is 411 g/mol. The van der Waals surface area contributed by atoms with Gasteiger partial charge >= 0.3 is 5.69 Å². The van der Waals surface area contributed by atoms with Crippen molar-refractivity contribution >= 4 is 16.9 Å². The van der Waals surface area contributed by atoms with Gasteiger partial charge in [0, 0.05) is 46.8 Å². The van der Waals surface area contributed by atoms with Gasteiger partial charge in [0.05, 0.1) is 12.2 Å². The summed E-state index contributed by atoms with van der Waals surface area (Å²) in [5.41, 5.74) is 0.895. The lowest BCUT2D eigenvalue weighted by Crippen LogP contribution is -2.46. The summed E-state index contributed by atoms with van der Waals surface area (Å²) in [5, 5.41) is 0. The third-order valence-corrected chi connectivity index (χ3v) is 6.34. The fraction of sp³-hybridized carbons (Fsp3) is 0.522. The minimum atomic E-state index is -0.370. The SMILES string of the molecule is CCCCCn1c(CN2CCN(c3ccccc3F)CC2)nc2c1c(=O)n(C)c(=O)n2C. The Morgan fingerprint density at radius 2 is 1.72 bits per heavy atom. The second kappa shape index (κ2) is 9.28. The van der Waals surface area contributed by atoms with E-state index in [9.17, 15) is 14.0 Å². The van der Waals surface area contributed by atoms with Crippen LogP contribution in [0.1, 0.15) is 32.0 Å². The molecule has 0 unspecified atom stereocenters. The maximum atomic E-state index is 14.1. The number of aromatic nitrogens is 4.